The summed E-state index contributed by atoms with van der Waals surface area (Å²) in [7, 11) is 4.24. The van der Waals surface area contributed by atoms with E-state index in [1.165, 1.54) is 32.1 Å². The molecule has 4 heteroatoms. The predicted molar refractivity (Wildman–Crippen MR) is 77.3 cm³/mol. The first kappa shape index (κ1) is 15.2. The highest BCUT2D eigenvalue weighted by atomic mass is 16.5. The summed E-state index contributed by atoms with van der Waals surface area (Å²) in [4.78, 5) is 2.50. The lowest BCUT2D eigenvalue weighted by molar-refractivity contribution is 0.0386. The molecular weight excluding hydrogens is 240 g/mol. The number of aliphatic hydroxyl groups is 1. The van der Waals surface area contributed by atoms with Crippen molar-refractivity contribution in [3.05, 3.63) is 0 Å². The Hall–Kier alpha value is -0.160. The molecule has 0 aromatic rings. The van der Waals surface area contributed by atoms with E-state index in [9.17, 15) is 5.11 Å². The van der Waals surface area contributed by atoms with Crippen molar-refractivity contribution < 1.29 is 9.84 Å². The molecule has 19 heavy (non-hydrogen) atoms. The van der Waals surface area contributed by atoms with Crippen molar-refractivity contribution in [1.82, 2.24) is 10.2 Å². The van der Waals surface area contributed by atoms with Crippen molar-refractivity contribution in [2.75, 3.05) is 40.5 Å². The van der Waals surface area contributed by atoms with Crippen LogP contribution in [0.1, 0.15) is 38.5 Å². The number of hydrogen-bond donors (Lipinski definition) is 2. The average Bonchev–Trinajstić information content (AvgIpc) is 2.89. The highest BCUT2D eigenvalue weighted by Crippen LogP contribution is 2.37. The van der Waals surface area contributed by atoms with Gasteiger partial charge in [-0.1, -0.05) is 6.42 Å². The first-order chi connectivity index (χ1) is 9.22. The summed E-state index contributed by atoms with van der Waals surface area (Å²) in [5.41, 5.74) is -0.0173. The lowest BCUT2D eigenvalue weighted by Gasteiger charge is -2.36. The fourth-order valence-corrected chi connectivity index (χ4v) is 3.85. The van der Waals surface area contributed by atoms with Crippen LogP contribution < -0.4 is 5.32 Å². The monoisotopic (exact) mass is 270 g/mol. The highest BCUT2D eigenvalue weighted by Gasteiger charge is 2.40. The molecule has 4 nitrogen and oxygen atoms in total. The SMILES string of the molecule is CNC1(CO)CCCC1CCN(C)C1CCOCC1. The van der Waals surface area contributed by atoms with Gasteiger partial charge in [0.15, 0.2) is 0 Å². The van der Waals surface area contributed by atoms with E-state index >= 15 is 0 Å². The highest BCUT2D eigenvalue weighted by molar-refractivity contribution is 4.98. The van der Waals surface area contributed by atoms with Gasteiger partial charge in [0.25, 0.3) is 0 Å². The summed E-state index contributed by atoms with van der Waals surface area (Å²) in [5.74, 6) is 0.616. The molecule has 0 spiro atoms. The third kappa shape index (κ3) is 3.48. The molecule has 0 aromatic carbocycles. The van der Waals surface area contributed by atoms with Gasteiger partial charge in [-0.3, -0.25) is 0 Å². The Morgan fingerprint density at radius 3 is 2.68 bits per heavy atom. The lowest BCUT2D eigenvalue weighted by Crippen LogP contribution is -2.50. The van der Waals surface area contributed by atoms with Gasteiger partial charge in [0.2, 0.25) is 0 Å². The number of hydrogen-bond acceptors (Lipinski definition) is 4. The second-order valence-electron chi connectivity index (χ2n) is 6.27. The number of ether oxygens (including phenoxy) is 1. The van der Waals surface area contributed by atoms with Crippen LogP contribution in [0.3, 0.4) is 0 Å². The molecule has 0 radical (unpaired) electrons. The molecule has 1 saturated carbocycles. The number of nitrogens with zero attached hydrogens (tertiary/aromatic N) is 1. The lowest BCUT2D eigenvalue weighted by atomic mass is 9.85. The fourth-order valence-electron chi connectivity index (χ4n) is 3.85. The minimum Gasteiger partial charge on any atom is -0.394 e. The smallest absolute Gasteiger partial charge is 0.0615 e. The molecular formula is C15H30N2O2. The quantitative estimate of drug-likeness (QED) is 0.762. The summed E-state index contributed by atoms with van der Waals surface area (Å²) in [6.45, 7) is 3.24. The second-order valence-corrected chi connectivity index (χ2v) is 6.27. The van der Waals surface area contributed by atoms with E-state index < -0.39 is 0 Å². The van der Waals surface area contributed by atoms with Gasteiger partial charge in [-0.25, -0.2) is 0 Å². The minimum atomic E-state index is -0.0173. The van der Waals surface area contributed by atoms with Gasteiger partial charge in [-0.05, 0) is 58.7 Å². The second kappa shape index (κ2) is 7.02. The van der Waals surface area contributed by atoms with E-state index in [1.54, 1.807) is 0 Å². The summed E-state index contributed by atoms with van der Waals surface area (Å²) >= 11 is 0. The topological polar surface area (TPSA) is 44.7 Å². The largest absolute Gasteiger partial charge is 0.394 e. The van der Waals surface area contributed by atoms with Crippen LogP contribution in [0.2, 0.25) is 0 Å². The van der Waals surface area contributed by atoms with Gasteiger partial charge >= 0.3 is 0 Å². The van der Waals surface area contributed by atoms with Crippen LogP contribution in [0.15, 0.2) is 0 Å². The van der Waals surface area contributed by atoms with Crippen molar-refractivity contribution in [3.63, 3.8) is 0 Å². The summed E-state index contributed by atoms with van der Waals surface area (Å²) < 4.78 is 5.43. The zero-order chi connectivity index (χ0) is 13.7. The normalized spacial score (nSPS) is 33.2. The molecule has 112 valence electrons. The molecule has 0 aromatic heterocycles. The van der Waals surface area contributed by atoms with Gasteiger partial charge in [0.1, 0.15) is 0 Å². The van der Waals surface area contributed by atoms with E-state index in [1.807, 2.05) is 7.05 Å². The third-order valence-electron chi connectivity index (χ3n) is 5.38. The third-order valence-corrected chi connectivity index (χ3v) is 5.38. The molecule has 1 saturated heterocycles. The standard InChI is InChI=1S/C15H30N2O2/c1-16-15(12-18)8-3-4-13(15)5-9-17(2)14-6-10-19-11-7-14/h13-14,16,18H,3-12H2,1-2H3. The van der Waals surface area contributed by atoms with E-state index in [0.717, 1.165) is 26.2 Å². The zero-order valence-corrected chi connectivity index (χ0v) is 12.5. The molecule has 1 aliphatic heterocycles. The van der Waals surface area contributed by atoms with Crippen molar-refractivity contribution in [2.45, 2.75) is 50.1 Å². The van der Waals surface area contributed by atoms with Gasteiger partial charge in [0, 0.05) is 24.8 Å². The van der Waals surface area contributed by atoms with Gasteiger partial charge < -0.3 is 20.1 Å². The van der Waals surface area contributed by atoms with Gasteiger partial charge in [-0.15, -0.1) is 0 Å². The van der Waals surface area contributed by atoms with E-state index in [2.05, 4.69) is 17.3 Å². The van der Waals surface area contributed by atoms with Crippen LogP contribution in [0, 0.1) is 5.92 Å². The number of rotatable bonds is 6. The van der Waals surface area contributed by atoms with Gasteiger partial charge in [-0.2, -0.15) is 0 Å². The molecule has 0 bridgehead atoms. The molecule has 2 aliphatic rings. The van der Waals surface area contributed by atoms with Crippen LogP contribution in [0.5, 0.6) is 0 Å². The molecule has 2 rings (SSSR count). The maximum absolute atomic E-state index is 9.71. The Morgan fingerprint density at radius 2 is 2.05 bits per heavy atom. The summed E-state index contributed by atoms with van der Waals surface area (Å²) in [6.07, 6.45) is 7.13. The molecule has 0 amide bonds. The number of aliphatic hydroxyl groups excluding tert-OH is 1. The van der Waals surface area contributed by atoms with Crippen LogP contribution in [0.4, 0.5) is 0 Å². The Bertz CT molecular complexity index is 263. The van der Waals surface area contributed by atoms with E-state index in [-0.39, 0.29) is 12.1 Å². The van der Waals surface area contributed by atoms with Gasteiger partial charge in [0.05, 0.1) is 6.61 Å². The van der Waals surface area contributed by atoms with Crippen LogP contribution in [-0.2, 0) is 4.74 Å². The number of nitrogens with one attached hydrogen (secondary N) is 1. The van der Waals surface area contributed by atoms with E-state index in [0.29, 0.717) is 12.0 Å². The minimum absolute atomic E-state index is 0.0173. The maximum atomic E-state index is 9.71. The van der Waals surface area contributed by atoms with E-state index in [4.69, 9.17) is 4.74 Å². The Balaban J connectivity index is 1.80. The summed E-state index contributed by atoms with van der Waals surface area (Å²) in [6, 6.07) is 0.688. The van der Waals surface area contributed by atoms with Crippen molar-refractivity contribution >= 4 is 0 Å². The predicted octanol–water partition coefficient (Wildman–Crippen LogP) is 1.24. The molecule has 2 unspecified atom stereocenters. The Morgan fingerprint density at radius 1 is 1.32 bits per heavy atom. The maximum Gasteiger partial charge on any atom is 0.0615 e. The number of likely N-dealkylation sites (N-methyl/N-ethyl adjacent to an activating group) is 1. The van der Waals surface area contributed by atoms with Crippen LogP contribution in [0.25, 0.3) is 0 Å². The molecule has 2 atom stereocenters. The first-order valence-corrected chi connectivity index (χ1v) is 7.79. The molecule has 1 heterocycles. The Kier molecular flexibility index (Phi) is 5.63. The first-order valence-electron chi connectivity index (χ1n) is 7.79. The molecule has 1 aliphatic carbocycles. The van der Waals surface area contributed by atoms with Crippen molar-refractivity contribution in [1.29, 1.82) is 0 Å². The van der Waals surface area contributed by atoms with Crippen LogP contribution in [-0.4, -0.2) is 62.0 Å². The molecule has 2 N–H and O–H groups in total. The van der Waals surface area contributed by atoms with Crippen molar-refractivity contribution in [2.24, 2.45) is 5.92 Å². The van der Waals surface area contributed by atoms with Crippen LogP contribution >= 0.6 is 0 Å². The summed E-state index contributed by atoms with van der Waals surface area (Å²) in [5, 5.41) is 13.1. The fraction of sp³-hybridized carbons (Fsp3) is 1.00. The average molecular weight is 270 g/mol. The van der Waals surface area contributed by atoms with Crippen molar-refractivity contribution in [3.8, 4) is 0 Å². The molecule has 2 fully saturated rings. The Labute approximate surface area is 117 Å². The zero-order valence-electron chi connectivity index (χ0n) is 12.5.